The third-order valence-corrected chi connectivity index (χ3v) is 2.77. The second-order valence-electron chi connectivity index (χ2n) is 7.06. The van der Waals surface area contributed by atoms with E-state index >= 15 is 0 Å². The second kappa shape index (κ2) is 9.65. The summed E-state index contributed by atoms with van der Waals surface area (Å²) >= 11 is 0. The van der Waals surface area contributed by atoms with Crippen molar-refractivity contribution in [2.45, 2.75) is 80.4 Å². The van der Waals surface area contributed by atoms with Crippen LogP contribution in [0.1, 0.15) is 68.2 Å². The Kier molecular flexibility index (Phi) is 9.07. The Balaban J connectivity index is 5.72. The SMILES string of the molecule is CC(C)C/C(C(=O)OC(C)C)=C(\CC(C)C)C(=O)OC(C)C. The number of esters is 2. The number of ether oxygens (including phenoxy) is 2. The first-order chi connectivity index (χ1) is 10.0. The molecule has 0 aliphatic heterocycles. The maximum Gasteiger partial charge on any atom is 0.334 e. The first-order valence-corrected chi connectivity index (χ1v) is 8.18. The molecule has 0 N–H and O–H groups in total. The molecule has 0 amide bonds. The van der Waals surface area contributed by atoms with Gasteiger partial charge in [-0.3, -0.25) is 0 Å². The topological polar surface area (TPSA) is 52.6 Å². The first-order valence-electron chi connectivity index (χ1n) is 8.18. The highest BCUT2D eigenvalue weighted by Gasteiger charge is 2.25. The number of carbonyl (C=O) groups excluding carboxylic acids is 2. The van der Waals surface area contributed by atoms with Crippen LogP contribution in [0.2, 0.25) is 0 Å². The van der Waals surface area contributed by atoms with Crippen molar-refractivity contribution in [2.24, 2.45) is 11.8 Å². The van der Waals surface area contributed by atoms with E-state index in [1.165, 1.54) is 0 Å². The van der Waals surface area contributed by atoms with Gasteiger partial charge in [0.05, 0.1) is 12.2 Å². The highest BCUT2D eigenvalue weighted by atomic mass is 16.5. The van der Waals surface area contributed by atoms with Gasteiger partial charge in [-0.25, -0.2) is 9.59 Å². The standard InChI is InChI=1S/C18H32O4/c1-11(2)9-15(17(19)21-13(5)6)16(10-12(3)4)18(20)22-14(7)8/h11-14H,9-10H2,1-8H3/b16-15-. The van der Waals surface area contributed by atoms with Crippen LogP contribution < -0.4 is 0 Å². The van der Waals surface area contributed by atoms with Gasteiger partial charge in [-0.15, -0.1) is 0 Å². The van der Waals surface area contributed by atoms with Crippen LogP contribution in [-0.2, 0) is 19.1 Å². The summed E-state index contributed by atoms with van der Waals surface area (Å²) in [5.41, 5.74) is 0.922. The van der Waals surface area contributed by atoms with Crippen LogP contribution in [0.3, 0.4) is 0 Å². The molecule has 0 fully saturated rings. The van der Waals surface area contributed by atoms with Gasteiger partial charge in [0.15, 0.2) is 0 Å². The van der Waals surface area contributed by atoms with E-state index in [0.717, 1.165) is 0 Å². The molecule has 0 saturated heterocycles. The van der Waals surface area contributed by atoms with Crippen molar-refractivity contribution >= 4 is 11.9 Å². The minimum Gasteiger partial charge on any atom is -0.460 e. The van der Waals surface area contributed by atoms with Crippen molar-refractivity contribution in [2.75, 3.05) is 0 Å². The maximum absolute atomic E-state index is 12.4. The molecule has 0 aromatic heterocycles. The Hall–Kier alpha value is -1.32. The molecule has 0 aromatic rings. The van der Waals surface area contributed by atoms with Gasteiger partial charge in [0.2, 0.25) is 0 Å². The lowest BCUT2D eigenvalue weighted by Gasteiger charge is -2.19. The first kappa shape index (κ1) is 20.7. The fourth-order valence-corrected chi connectivity index (χ4v) is 2.05. The van der Waals surface area contributed by atoms with Gasteiger partial charge in [0.1, 0.15) is 0 Å². The van der Waals surface area contributed by atoms with Crippen LogP contribution >= 0.6 is 0 Å². The van der Waals surface area contributed by atoms with E-state index in [9.17, 15) is 9.59 Å². The molecule has 0 radical (unpaired) electrons. The summed E-state index contributed by atoms with van der Waals surface area (Å²) in [7, 11) is 0. The van der Waals surface area contributed by atoms with E-state index in [0.29, 0.717) is 24.0 Å². The van der Waals surface area contributed by atoms with Crippen molar-refractivity contribution in [3.63, 3.8) is 0 Å². The van der Waals surface area contributed by atoms with Crippen molar-refractivity contribution < 1.29 is 19.1 Å². The molecule has 0 unspecified atom stereocenters. The van der Waals surface area contributed by atoms with Gasteiger partial charge < -0.3 is 9.47 Å². The largest absolute Gasteiger partial charge is 0.460 e. The second-order valence-corrected chi connectivity index (χ2v) is 7.06. The lowest BCUT2D eigenvalue weighted by Crippen LogP contribution is -2.22. The van der Waals surface area contributed by atoms with Crippen LogP contribution in [0, 0.1) is 11.8 Å². The Bertz CT molecular complexity index is 365. The predicted molar refractivity (Wildman–Crippen MR) is 88.4 cm³/mol. The molecule has 0 aliphatic carbocycles. The van der Waals surface area contributed by atoms with E-state index in [1.807, 2.05) is 27.7 Å². The number of rotatable bonds is 8. The molecule has 128 valence electrons. The number of hydrogen-bond acceptors (Lipinski definition) is 4. The van der Waals surface area contributed by atoms with Gasteiger partial charge in [-0.1, -0.05) is 27.7 Å². The number of carbonyl (C=O) groups is 2. The molecule has 4 nitrogen and oxygen atoms in total. The fraction of sp³-hybridized carbons (Fsp3) is 0.778. The van der Waals surface area contributed by atoms with Crippen LogP contribution in [0.15, 0.2) is 11.1 Å². The average Bonchev–Trinajstić information content (AvgIpc) is 2.30. The van der Waals surface area contributed by atoms with Crippen molar-refractivity contribution in [3.8, 4) is 0 Å². The van der Waals surface area contributed by atoms with E-state index in [2.05, 4.69) is 0 Å². The van der Waals surface area contributed by atoms with Crippen LogP contribution in [0.5, 0.6) is 0 Å². The molecule has 0 bridgehead atoms. The molecule has 0 saturated carbocycles. The summed E-state index contributed by atoms with van der Waals surface area (Å²) in [5.74, 6) is -0.299. The Morgan fingerprint density at radius 1 is 0.636 bits per heavy atom. The average molecular weight is 312 g/mol. The minimum atomic E-state index is -0.403. The summed E-state index contributed by atoms with van der Waals surface area (Å²) in [4.78, 5) is 24.8. The van der Waals surface area contributed by atoms with E-state index in [4.69, 9.17) is 9.47 Å². The van der Waals surface area contributed by atoms with E-state index < -0.39 is 11.9 Å². The van der Waals surface area contributed by atoms with Gasteiger partial charge >= 0.3 is 11.9 Å². The summed E-state index contributed by atoms with van der Waals surface area (Å²) in [6.07, 6.45) is 0.605. The highest BCUT2D eigenvalue weighted by Crippen LogP contribution is 2.24. The molecule has 0 atom stereocenters. The van der Waals surface area contributed by atoms with Gasteiger partial charge in [-0.2, -0.15) is 0 Å². The van der Waals surface area contributed by atoms with Gasteiger partial charge in [-0.05, 0) is 52.4 Å². The number of hydrogen-bond donors (Lipinski definition) is 0. The molecule has 4 heteroatoms. The lowest BCUT2D eigenvalue weighted by molar-refractivity contribution is -0.146. The zero-order valence-electron chi connectivity index (χ0n) is 15.4. The lowest BCUT2D eigenvalue weighted by atomic mass is 9.92. The molecule has 0 heterocycles. The Morgan fingerprint density at radius 3 is 1.09 bits per heavy atom. The Labute approximate surface area is 135 Å². The third kappa shape index (κ3) is 8.20. The predicted octanol–water partition coefficient (Wildman–Crippen LogP) is 4.28. The smallest absolute Gasteiger partial charge is 0.334 e. The summed E-state index contributed by atoms with van der Waals surface area (Å²) in [5, 5.41) is 0. The molecule has 0 aromatic carbocycles. The van der Waals surface area contributed by atoms with Crippen LogP contribution in [-0.4, -0.2) is 24.1 Å². The van der Waals surface area contributed by atoms with Crippen LogP contribution in [0.4, 0.5) is 0 Å². The van der Waals surface area contributed by atoms with E-state index in [-0.39, 0.29) is 24.0 Å². The Morgan fingerprint density at radius 2 is 0.909 bits per heavy atom. The molecule has 0 spiro atoms. The molecule has 0 aliphatic rings. The maximum atomic E-state index is 12.4. The zero-order chi connectivity index (χ0) is 17.4. The monoisotopic (exact) mass is 312 g/mol. The van der Waals surface area contributed by atoms with Gasteiger partial charge in [0, 0.05) is 11.1 Å². The normalized spacial score (nSPS) is 12.9. The molecule has 22 heavy (non-hydrogen) atoms. The fourth-order valence-electron chi connectivity index (χ4n) is 2.05. The molecular weight excluding hydrogens is 280 g/mol. The third-order valence-electron chi connectivity index (χ3n) is 2.77. The molecular formula is C18H32O4. The summed E-state index contributed by atoms with van der Waals surface area (Å²) in [6, 6.07) is 0. The van der Waals surface area contributed by atoms with Gasteiger partial charge in [0.25, 0.3) is 0 Å². The quantitative estimate of drug-likeness (QED) is 0.496. The van der Waals surface area contributed by atoms with Crippen LogP contribution in [0.25, 0.3) is 0 Å². The molecule has 0 rings (SSSR count). The summed E-state index contributed by atoms with van der Waals surface area (Å²) < 4.78 is 10.7. The van der Waals surface area contributed by atoms with E-state index in [1.54, 1.807) is 27.7 Å². The zero-order valence-corrected chi connectivity index (χ0v) is 15.4. The summed E-state index contributed by atoms with van der Waals surface area (Å²) in [6.45, 7) is 15.3. The van der Waals surface area contributed by atoms with Crippen molar-refractivity contribution in [3.05, 3.63) is 11.1 Å². The highest BCUT2D eigenvalue weighted by molar-refractivity contribution is 6.00. The van der Waals surface area contributed by atoms with Crippen molar-refractivity contribution in [1.29, 1.82) is 0 Å². The van der Waals surface area contributed by atoms with Crippen molar-refractivity contribution in [1.82, 2.24) is 0 Å². The minimum absolute atomic E-state index is 0.212.